The van der Waals surface area contributed by atoms with E-state index >= 15 is 0 Å². The number of fused-ring (bicyclic) bond motifs is 2. The number of aromatic amines is 1. The second-order valence-electron chi connectivity index (χ2n) is 8.28. The summed E-state index contributed by atoms with van der Waals surface area (Å²) in [6.07, 6.45) is 0.221. The normalized spacial score (nSPS) is 13.2. The minimum atomic E-state index is -0.125. The summed E-state index contributed by atoms with van der Waals surface area (Å²) in [5.74, 6) is 3.22. The van der Waals surface area contributed by atoms with Gasteiger partial charge in [0, 0.05) is 11.3 Å². The van der Waals surface area contributed by atoms with Gasteiger partial charge in [0.15, 0.2) is 23.0 Å². The number of imidazole rings is 1. The van der Waals surface area contributed by atoms with Gasteiger partial charge in [-0.1, -0.05) is 12.1 Å². The van der Waals surface area contributed by atoms with Crippen LogP contribution < -0.4 is 24.3 Å². The van der Waals surface area contributed by atoms with Crippen molar-refractivity contribution in [3.63, 3.8) is 0 Å². The van der Waals surface area contributed by atoms with Gasteiger partial charge in [0.25, 0.3) is 0 Å². The molecule has 0 unspecified atom stereocenters. The molecule has 2 aliphatic heterocycles. The number of pyridine rings is 1. The van der Waals surface area contributed by atoms with Gasteiger partial charge in [0.05, 0.1) is 30.0 Å². The number of amides is 1. The van der Waals surface area contributed by atoms with Crippen LogP contribution in [0.3, 0.4) is 0 Å². The molecule has 0 aliphatic carbocycles. The van der Waals surface area contributed by atoms with E-state index in [1.807, 2.05) is 61.5 Å². The van der Waals surface area contributed by atoms with Crippen molar-refractivity contribution in [1.82, 2.24) is 20.3 Å². The van der Waals surface area contributed by atoms with Crippen LogP contribution in [0.25, 0.3) is 22.6 Å². The lowest BCUT2D eigenvalue weighted by molar-refractivity contribution is -0.120. The van der Waals surface area contributed by atoms with Crippen molar-refractivity contribution in [3.05, 3.63) is 71.7 Å². The molecular formula is C26H22N4O5. The van der Waals surface area contributed by atoms with Crippen molar-refractivity contribution in [1.29, 1.82) is 0 Å². The van der Waals surface area contributed by atoms with Gasteiger partial charge in [-0.25, -0.2) is 4.98 Å². The molecule has 6 rings (SSSR count). The lowest BCUT2D eigenvalue weighted by Crippen LogP contribution is -2.25. The second-order valence-corrected chi connectivity index (χ2v) is 8.28. The molecule has 0 spiro atoms. The third kappa shape index (κ3) is 4.23. The van der Waals surface area contributed by atoms with Crippen molar-refractivity contribution in [2.24, 2.45) is 0 Å². The van der Waals surface area contributed by atoms with Gasteiger partial charge in [-0.2, -0.15) is 0 Å². The third-order valence-electron chi connectivity index (χ3n) is 5.80. The quantitative estimate of drug-likeness (QED) is 0.442. The number of aryl methyl sites for hydroxylation is 1. The van der Waals surface area contributed by atoms with Crippen LogP contribution in [0, 0.1) is 6.92 Å². The molecule has 0 radical (unpaired) electrons. The zero-order valence-corrected chi connectivity index (χ0v) is 19.0. The number of benzene rings is 2. The topological polar surface area (TPSA) is 108 Å². The van der Waals surface area contributed by atoms with Crippen molar-refractivity contribution < 1.29 is 23.7 Å². The summed E-state index contributed by atoms with van der Waals surface area (Å²) in [7, 11) is 0. The molecule has 35 heavy (non-hydrogen) atoms. The monoisotopic (exact) mass is 470 g/mol. The number of ether oxygens (including phenoxy) is 4. The number of hydrogen-bond donors (Lipinski definition) is 2. The molecular weight excluding hydrogens is 448 g/mol. The zero-order chi connectivity index (χ0) is 23.8. The fraction of sp³-hybridized carbons (Fsp3) is 0.192. The Morgan fingerprint density at radius 3 is 2.46 bits per heavy atom. The second kappa shape index (κ2) is 8.68. The summed E-state index contributed by atoms with van der Waals surface area (Å²) in [4.78, 5) is 25.4. The molecule has 0 fully saturated rings. The van der Waals surface area contributed by atoms with Crippen molar-refractivity contribution in [3.8, 4) is 45.6 Å². The summed E-state index contributed by atoms with van der Waals surface area (Å²) < 4.78 is 21.7. The van der Waals surface area contributed by atoms with E-state index in [0.717, 1.165) is 33.9 Å². The molecule has 9 nitrogen and oxygen atoms in total. The van der Waals surface area contributed by atoms with E-state index in [0.29, 0.717) is 28.8 Å². The van der Waals surface area contributed by atoms with Gasteiger partial charge in [-0.15, -0.1) is 0 Å². The van der Waals surface area contributed by atoms with Crippen LogP contribution in [-0.4, -0.2) is 34.4 Å². The molecule has 0 saturated heterocycles. The Hall–Kier alpha value is -4.53. The fourth-order valence-electron chi connectivity index (χ4n) is 4.11. The molecule has 2 aliphatic rings. The Labute approximate surface area is 201 Å². The van der Waals surface area contributed by atoms with Crippen LogP contribution in [0.1, 0.15) is 17.1 Å². The number of hydrogen-bond acceptors (Lipinski definition) is 7. The molecule has 0 atom stereocenters. The first-order valence-corrected chi connectivity index (χ1v) is 11.2. The number of H-pyrrole nitrogens is 1. The number of rotatable bonds is 6. The number of carbonyl (C=O) groups is 1. The molecule has 2 N–H and O–H groups in total. The highest BCUT2D eigenvalue weighted by molar-refractivity contribution is 5.80. The highest BCUT2D eigenvalue weighted by atomic mass is 16.7. The van der Waals surface area contributed by atoms with Crippen molar-refractivity contribution >= 4 is 5.91 Å². The lowest BCUT2D eigenvalue weighted by Gasteiger charge is -2.05. The van der Waals surface area contributed by atoms with E-state index < -0.39 is 0 Å². The Morgan fingerprint density at radius 1 is 0.914 bits per heavy atom. The van der Waals surface area contributed by atoms with Crippen molar-refractivity contribution in [2.45, 2.75) is 19.9 Å². The average molecular weight is 470 g/mol. The van der Waals surface area contributed by atoms with Crippen LogP contribution in [0.4, 0.5) is 0 Å². The number of aromatic nitrogens is 3. The first-order chi connectivity index (χ1) is 17.1. The van der Waals surface area contributed by atoms with Crippen molar-refractivity contribution in [2.75, 3.05) is 13.6 Å². The molecule has 2 aromatic carbocycles. The van der Waals surface area contributed by atoms with Crippen LogP contribution in [0.2, 0.25) is 0 Å². The summed E-state index contributed by atoms with van der Waals surface area (Å²) >= 11 is 0. The lowest BCUT2D eigenvalue weighted by atomic mass is 10.1. The third-order valence-corrected chi connectivity index (χ3v) is 5.80. The van der Waals surface area contributed by atoms with E-state index in [4.69, 9.17) is 23.9 Å². The molecule has 0 bridgehead atoms. The molecule has 1 amide bonds. The molecule has 4 aromatic rings. The first kappa shape index (κ1) is 21.0. The van der Waals surface area contributed by atoms with E-state index in [1.165, 1.54) is 0 Å². The van der Waals surface area contributed by atoms with E-state index in [2.05, 4.69) is 15.3 Å². The maximum atomic E-state index is 12.6. The molecule has 9 heteroatoms. The average Bonchev–Trinajstić information content (AvgIpc) is 3.61. The summed E-state index contributed by atoms with van der Waals surface area (Å²) in [5, 5.41) is 2.94. The van der Waals surface area contributed by atoms with Gasteiger partial charge in [-0.3, -0.25) is 9.78 Å². The van der Waals surface area contributed by atoms with E-state index in [9.17, 15) is 4.79 Å². The SMILES string of the molecule is Cc1cccc(-c2[nH]c(CNC(=O)Cc3ccc4c(c3)OCO4)nc2-c2ccc3c(c2)OCO3)n1. The largest absolute Gasteiger partial charge is 0.454 e. The summed E-state index contributed by atoms with van der Waals surface area (Å²) in [6.45, 7) is 2.59. The predicted octanol–water partition coefficient (Wildman–Crippen LogP) is 3.76. The Balaban J connectivity index is 1.24. The predicted molar refractivity (Wildman–Crippen MR) is 126 cm³/mol. The minimum absolute atomic E-state index is 0.125. The first-order valence-electron chi connectivity index (χ1n) is 11.2. The molecule has 4 heterocycles. The number of nitrogens with one attached hydrogen (secondary N) is 2. The van der Waals surface area contributed by atoms with E-state index in [1.54, 1.807) is 0 Å². The minimum Gasteiger partial charge on any atom is -0.454 e. The number of nitrogens with zero attached hydrogens (tertiary/aromatic N) is 2. The summed E-state index contributed by atoms with van der Waals surface area (Å²) in [5.41, 5.74) is 4.86. The molecule has 2 aromatic heterocycles. The van der Waals surface area contributed by atoms with Crippen LogP contribution >= 0.6 is 0 Å². The Bertz CT molecular complexity index is 1430. The maximum absolute atomic E-state index is 12.6. The van der Waals surface area contributed by atoms with Crippen LogP contribution in [0.15, 0.2) is 54.6 Å². The molecule has 0 saturated carbocycles. The van der Waals surface area contributed by atoms with Gasteiger partial charge < -0.3 is 29.2 Å². The van der Waals surface area contributed by atoms with E-state index in [-0.39, 0.29) is 32.5 Å². The van der Waals surface area contributed by atoms with Gasteiger partial charge in [-0.05, 0) is 55.0 Å². The van der Waals surface area contributed by atoms with Crippen LogP contribution in [-0.2, 0) is 17.8 Å². The zero-order valence-electron chi connectivity index (χ0n) is 19.0. The number of carbonyl (C=O) groups excluding carboxylic acids is 1. The highest BCUT2D eigenvalue weighted by Crippen LogP contribution is 2.38. The van der Waals surface area contributed by atoms with Crippen LogP contribution in [0.5, 0.6) is 23.0 Å². The van der Waals surface area contributed by atoms with Gasteiger partial charge in [0.2, 0.25) is 19.5 Å². The van der Waals surface area contributed by atoms with Gasteiger partial charge in [0.1, 0.15) is 5.82 Å². The Morgan fingerprint density at radius 2 is 1.66 bits per heavy atom. The fourth-order valence-corrected chi connectivity index (χ4v) is 4.11. The maximum Gasteiger partial charge on any atom is 0.231 e. The standard InChI is InChI=1S/C26H22N4O5/c1-15-3-2-4-18(28-15)26-25(17-6-8-20-22(11-17)35-14-33-20)29-23(30-26)12-27-24(31)10-16-5-7-19-21(9-16)34-13-32-19/h2-9,11H,10,12-14H2,1H3,(H,27,31)(H,29,30). The highest BCUT2D eigenvalue weighted by Gasteiger charge is 2.20. The van der Waals surface area contributed by atoms with Gasteiger partial charge >= 0.3 is 0 Å². The Kier molecular flexibility index (Phi) is 5.21. The summed E-state index contributed by atoms with van der Waals surface area (Å²) in [6, 6.07) is 17.0. The smallest absolute Gasteiger partial charge is 0.231 e. The molecule has 176 valence electrons.